The van der Waals surface area contributed by atoms with E-state index in [-0.39, 0.29) is 18.9 Å². The van der Waals surface area contributed by atoms with Crippen molar-refractivity contribution in [1.82, 2.24) is 10.3 Å². The molecule has 3 N–H and O–H groups in total. The van der Waals surface area contributed by atoms with Crippen molar-refractivity contribution in [2.45, 2.75) is 19.9 Å². The Kier molecular flexibility index (Phi) is 6.25. The second-order valence-electron chi connectivity index (χ2n) is 4.80. The van der Waals surface area contributed by atoms with Crippen LogP contribution in [0.3, 0.4) is 0 Å². The summed E-state index contributed by atoms with van der Waals surface area (Å²) in [5, 5.41) is 5.21. The van der Waals surface area contributed by atoms with Crippen LogP contribution in [0, 0.1) is 0 Å². The van der Waals surface area contributed by atoms with Crippen LogP contribution in [-0.4, -0.2) is 30.0 Å². The van der Waals surface area contributed by atoms with Crippen molar-refractivity contribution in [2.75, 3.05) is 13.2 Å². The number of hydrogen-bond donors (Lipinski definition) is 2. The molecule has 122 valence electrons. The standard InChI is InChI=1S/C16H19N3O3S/c1-2-22-15(21)9-18-14(20)7-13-10-23-16(19-13)12-5-3-11(8-17)4-6-12/h3-6,10H,2,7-9,17H2,1H3,(H,18,20). The highest BCUT2D eigenvalue weighted by molar-refractivity contribution is 7.13. The number of rotatable bonds is 7. The highest BCUT2D eigenvalue weighted by Gasteiger charge is 2.10. The largest absolute Gasteiger partial charge is 0.465 e. The van der Waals surface area contributed by atoms with Gasteiger partial charge in [-0.15, -0.1) is 11.3 Å². The molecule has 2 rings (SSSR count). The number of esters is 1. The van der Waals surface area contributed by atoms with Gasteiger partial charge in [0.15, 0.2) is 0 Å². The molecular weight excluding hydrogens is 314 g/mol. The van der Waals surface area contributed by atoms with Gasteiger partial charge in [-0.25, -0.2) is 4.98 Å². The molecule has 23 heavy (non-hydrogen) atoms. The number of nitrogens with zero attached hydrogens (tertiary/aromatic N) is 1. The van der Waals surface area contributed by atoms with E-state index in [1.54, 1.807) is 6.92 Å². The SMILES string of the molecule is CCOC(=O)CNC(=O)Cc1csc(-c2ccc(CN)cc2)n1. The molecule has 0 bridgehead atoms. The van der Waals surface area contributed by atoms with E-state index in [0.29, 0.717) is 18.8 Å². The van der Waals surface area contributed by atoms with Crippen LogP contribution in [-0.2, 0) is 27.3 Å². The molecule has 0 spiro atoms. The van der Waals surface area contributed by atoms with Gasteiger partial charge in [0.1, 0.15) is 11.6 Å². The summed E-state index contributed by atoms with van der Waals surface area (Å²) in [4.78, 5) is 27.4. The average Bonchev–Trinajstić information content (AvgIpc) is 3.02. The molecular formula is C16H19N3O3S. The molecule has 1 aromatic carbocycles. The van der Waals surface area contributed by atoms with Crippen LogP contribution in [0.4, 0.5) is 0 Å². The Morgan fingerprint density at radius 3 is 2.70 bits per heavy atom. The fraction of sp³-hybridized carbons (Fsp3) is 0.312. The second-order valence-corrected chi connectivity index (χ2v) is 5.66. The second kappa shape index (κ2) is 8.40. The first-order valence-electron chi connectivity index (χ1n) is 7.28. The van der Waals surface area contributed by atoms with Crippen LogP contribution >= 0.6 is 11.3 Å². The number of hydrogen-bond acceptors (Lipinski definition) is 6. The van der Waals surface area contributed by atoms with Gasteiger partial charge in [0.05, 0.1) is 18.7 Å². The van der Waals surface area contributed by atoms with E-state index in [1.165, 1.54) is 11.3 Å². The van der Waals surface area contributed by atoms with Gasteiger partial charge in [-0.05, 0) is 12.5 Å². The Labute approximate surface area is 138 Å². The van der Waals surface area contributed by atoms with E-state index in [9.17, 15) is 9.59 Å². The number of nitrogens with two attached hydrogens (primary N) is 1. The lowest BCUT2D eigenvalue weighted by Crippen LogP contribution is -2.31. The van der Waals surface area contributed by atoms with E-state index in [0.717, 1.165) is 16.1 Å². The Morgan fingerprint density at radius 1 is 1.30 bits per heavy atom. The van der Waals surface area contributed by atoms with Crippen LogP contribution in [0.25, 0.3) is 10.6 Å². The summed E-state index contributed by atoms with van der Waals surface area (Å²) >= 11 is 1.48. The third kappa shape index (κ3) is 5.15. The molecule has 1 amide bonds. The first-order chi connectivity index (χ1) is 11.1. The zero-order valence-electron chi connectivity index (χ0n) is 12.9. The molecule has 0 fully saturated rings. The van der Waals surface area contributed by atoms with Gasteiger partial charge < -0.3 is 15.8 Å². The predicted molar refractivity (Wildman–Crippen MR) is 88.8 cm³/mol. The van der Waals surface area contributed by atoms with Gasteiger partial charge in [-0.3, -0.25) is 9.59 Å². The molecule has 0 unspecified atom stereocenters. The summed E-state index contributed by atoms with van der Waals surface area (Å²) in [5.41, 5.74) is 8.30. The Hall–Kier alpha value is -2.25. The minimum atomic E-state index is -0.445. The maximum Gasteiger partial charge on any atom is 0.325 e. The molecule has 0 radical (unpaired) electrons. The third-order valence-corrected chi connectivity index (χ3v) is 4.01. The third-order valence-electron chi connectivity index (χ3n) is 3.07. The fourth-order valence-corrected chi connectivity index (χ4v) is 2.74. The molecule has 0 saturated carbocycles. The number of thiazole rings is 1. The fourth-order valence-electron chi connectivity index (χ4n) is 1.91. The minimum absolute atomic E-state index is 0.121. The van der Waals surface area contributed by atoms with Crippen molar-refractivity contribution in [1.29, 1.82) is 0 Å². The number of amides is 1. The number of ether oxygens (including phenoxy) is 1. The van der Waals surface area contributed by atoms with Crippen molar-refractivity contribution in [3.63, 3.8) is 0 Å². The summed E-state index contributed by atoms with van der Waals surface area (Å²) < 4.78 is 4.75. The minimum Gasteiger partial charge on any atom is -0.465 e. The van der Waals surface area contributed by atoms with Gasteiger partial charge in [-0.2, -0.15) is 0 Å². The Balaban J connectivity index is 1.91. The topological polar surface area (TPSA) is 94.3 Å². The number of nitrogens with one attached hydrogen (secondary N) is 1. The quantitative estimate of drug-likeness (QED) is 0.749. The van der Waals surface area contributed by atoms with Gasteiger partial charge in [0.25, 0.3) is 0 Å². The number of aromatic nitrogens is 1. The number of carbonyl (C=O) groups excluding carboxylic acids is 2. The van der Waals surface area contributed by atoms with Crippen molar-refractivity contribution in [3.05, 3.63) is 40.9 Å². The normalized spacial score (nSPS) is 10.3. The number of carbonyl (C=O) groups is 2. The van der Waals surface area contributed by atoms with Gasteiger partial charge in [-0.1, -0.05) is 24.3 Å². The Morgan fingerprint density at radius 2 is 2.04 bits per heavy atom. The molecule has 0 aliphatic heterocycles. The van der Waals surface area contributed by atoms with Crippen LogP contribution < -0.4 is 11.1 Å². The van der Waals surface area contributed by atoms with Gasteiger partial charge in [0, 0.05) is 17.5 Å². The zero-order chi connectivity index (χ0) is 16.7. The van der Waals surface area contributed by atoms with E-state index in [1.807, 2.05) is 29.6 Å². The molecule has 0 saturated heterocycles. The van der Waals surface area contributed by atoms with E-state index >= 15 is 0 Å². The lowest BCUT2D eigenvalue weighted by Gasteiger charge is -2.03. The molecule has 0 atom stereocenters. The lowest BCUT2D eigenvalue weighted by atomic mass is 10.1. The van der Waals surface area contributed by atoms with Crippen LogP contribution in [0.5, 0.6) is 0 Å². The predicted octanol–water partition coefficient (Wildman–Crippen LogP) is 1.49. The van der Waals surface area contributed by atoms with Gasteiger partial charge in [0.2, 0.25) is 5.91 Å². The first-order valence-corrected chi connectivity index (χ1v) is 8.16. The summed E-state index contributed by atoms with van der Waals surface area (Å²) in [6.45, 7) is 2.40. The Bertz CT molecular complexity index is 667. The smallest absolute Gasteiger partial charge is 0.325 e. The number of benzene rings is 1. The van der Waals surface area contributed by atoms with E-state index < -0.39 is 5.97 Å². The van der Waals surface area contributed by atoms with Crippen molar-refractivity contribution in [2.24, 2.45) is 5.73 Å². The van der Waals surface area contributed by atoms with Gasteiger partial charge >= 0.3 is 5.97 Å². The van der Waals surface area contributed by atoms with Crippen LogP contribution in [0.1, 0.15) is 18.2 Å². The van der Waals surface area contributed by atoms with Crippen molar-refractivity contribution < 1.29 is 14.3 Å². The van der Waals surface area contributed by atoms with Crippen LogP contribution in [0.2, 0.25) is 0 Å². The molecule has 0 aliphatic rings. The molecule has 0 aliphatic carbocycles. The van der Waals surface area contributed by atoms with Crippen LogP contribution in [0.15, 0.2) is 29.6 Å². The van der Waals surface area contributed by atoms with E-state index in [4.69, 9.17) is 10.5 Å². The molecule has 1 heterocycles. The zero-order valence-corrected chi connectivity index (χ0v) is 13.7. The summed E-state index contributed by atoms with van der Waals surface area (Å²) in [6.07, 6.45) is 0.136. The first kappa shape index (κ1) is 17.1. The summed E-state index contributed by atoms with van der Waals surface area (Å²) in [7, 11) is 0. The summed E-state index contributed by atoms with van der Waals surface area (Å²) in [6, 6.07) is 7.85. The molecule has 1 aromatic heterocycles. The molecule has 2 aromatic rings. The monoisotopic (exact) mass is 333 g/mol. The molecule has 7 heteroatoms. The maximum atomic E-state index is 11.8. The lowest BCUT2D eigenvalue weighted by molar-refractivity contribution is -0.143. The summed E-state index contributed by atoms with van der Waals surface area (Å²) in [5.74, 6) is -0.701. The van der Waals surface area contributed by atoms with Crippen molar-refractivity contribution in [3.8, 4) is 10.6 Å². The van der Waals surface area contributed by atoms with E-state index in [2.05, 4.69) is 10.3 Å². The highest BCUT2D eigenvalue weighted by atomic mass is 32.1. The van der Waals surface area contributed by atoms with Crippen molar-refractivity contribution >= 4 is 23.2 Å². The maximum absolute atomic E-state index is 11.8. The molecule has 6 nitrogen and oxygen atoms in total. The average molecular weight is 333 g/mol. The highest BCUT2D eigenvalue weighted by Crippen LogP contribution is 2.24.